The molecule has 1 atom stereocenters. The van der Waals surface area contributed by atoms with Crippen LogP contribution in [0.3, 0.4) is 0 Å². The second kappa shape index (κ2) is 15.5. The molecule has 0 bridgehead atoms. The average molecular weight is 667 g/mol. The summed E-state index contributed by atoms with van der Waals surface area (Å²) in [6.45, 7) is 3.90. The molecule has 0 saturated carbocycles. The summed E-state index contributed by atoms with van der Waals surface area (Å²) in [7, 11) is 0. The normalized spacial score (nSPS) is 11.8. The molecule has 1 heterocycles. The Balaban J connectivity index is 1.28. The van der Waals surface area contributed by atoms with Crippen LogP contribution in [-0.4, -0.2) is 28.0 Å². The fraction of sp³-hybridized carbons (Fsp3) is 0.111. The van der Waals surface area contributed by atoms with Gasteiger partial charge in [0.1, 0.15) is 5.70 Å². The Labute approximate surface area is 281 Å². The van der Waals surface area contributed by atoms with E-state index >= 15 is 0 Å². The van der Waals surface area contributed by atoms with Crippen molar-refractivity contribution in [2.24, 2.45) is 0 Å². The Morgan fingerprint density at radius 1 is 0.913 bits per heavy atom. The van der Waals surface area contributed by atoms with Gasteiger partial charge in [-0.3, -0.25) is 14.4 Å². The Kier molecular flexibility index (Phi) is 11.0. The number of aryl methyl sites for hydroxylation is 1. The number of benzene rings is 4. The zero-order chi connectivity index (χ0) is 32.5. The monoisotopic (exact) mass is 666 g/mol. The standard InChI is InChI=1S/C36H31ClN4O3S2/c1-3-32(35(44)41-36-40-31(22-45-36)28-17-7-8-18-29(28)37)46-27-16-10-15-26(21-27)38-34(43)30(20-24-12-9-11-23(2)19-24)39-33(42)25-13-5-4-6-14-25/h4-22,32H,3H2,1-2H3,(H,38,43)(H,39,42)(H,40,41,44)/b30-20+. The number of nitrogens with zero attached hydrogens (tertiary/aromatic N) is 1. The van der Waals surface area contributed by atoms with Gasteiger partial charge < -0.3 is 16.0 Å². The largest absolute Gasteiger partial charge is 0.321 e. The first kappa shape index (κ1) is 32.7. The lowest BCUT2D eigenvalue weighted by Crippen LogP contribution is -2.30. The van der Waals surface area contributed by atoms with E-state index in [0.717, 1.165) is 21.6 Å². The second-order valence-electron chi connectivity index (χ2n) is 10.3. The Morgan fingerprint density at radius 2 is 1.67 bits per heavy atom. The summed E-state index contributed by atoms with van der Waals surface area (Å²) in [6.07, 6.45) is 2.22. The van der Waals surface area contributed by atoms with Gasteiger partial charge in [0.05, 0.1) is 10.9 Å². The van der Waals surface area contributed by atoms with Crippen LogP contribution in [0, 0.1) is 6.92 Å². The minimum Gasteiger partial charge on any atom is -0.321 e. The van der Waals surface area contributed by atoms with Gasteiger partial charge in [-0.1, -0.05) is 90.8 Å². The van der Waals surface area contributed by atoms with Gasteiger partial charge in [0.25, 0.3) is 11.8 Å². The molecule has 0 aliphatic heterocycles. The van der Waals surface area contributed by atoms with Crippen LogP contribution in [0.15, 0.2) is 119 Å². The molecule has 0 spiro atoms. The van der Waals surface area contributed by atoms with Gasteiger partial charge in [0.2, 0.25) is 5.91 Å². The second-order valence-corrected chi connectivity index (χ2v) is 12.8. The molecule has 7 nitrogen and oxygen atoms in total. The molecule has 0 fully saturated rings. The van der Waals surface area contributed by atoms with E-state index < -0.39 is 17.1 Å². The molecule has 1 aromatic heterocycles. The van der Waals surface area contributed by atoms with Crippen LogP contribution in [0.25, 0.3) is 17.3 Å². The smallest absolute Gasteiger partial charge is 0.272 e. The molecule has 46 heavy (non-hydrogen) atoms. The summed E-state index contributed by atoms with van der Waals surface area (Å²) >= 11 is 9.04. The molecular weight excluding hydrogens is 636 g/mol. The Bertz CT molecular complexity index is 1890. The van der Waals surface area contributed by atoms with Crippen molar-refractivity contribution in [3.63, 3.8) is 0 Å². The number of rotatable bonds is 11. The summed E-state index contributed by atoms with van der Waals surface area (Å²) < 4.78 is 0. The molecule has 3 N–H and O–H groups in total. The number of hydrogen-bond acceptors (Lipinski definition) is 6. The number of carbonyl (C=O) groups is 3. The first-order valence-electron chi connectivity index (χ1n) is 14.5. The molecule has 0 saturated heterocycles. The van der Waals surface area contributed by atoms with Crippen molar-refractivity contribution in [2.75, 3.05) is 10.6 Å². The van der Waals surface area contributed by atoms with E-state index in [4.69, 9.17) is 11.6 Å². The topological polar surface area (TPSA) is 100 Å². The van der Waals surface area contributed by atoms with E-state index in [9.17, 15) is 14.4 Å². The first-order chi connectivity index (χ1) is 22.3. The van der Waals surface area contributed by atoms with Crippen LogP contribution in [-0.2, 0) is 9.59 Å². The quantitative estimate of drug-likeness (QED) is 0.0967. The molecule has 3 amide bonds. The maximum atomic E-state index is 13.5. The number of thioether (sulfide) groups is 1. The molecule has 5 rings (SSSR count). The number of aromatic nitrogens is 1. The highest BCUT2D eigenvalue weighted by Gasteiger charge is 2.21. The number of thiazole rings is 1. The molecule has 0 aliphatic carbocycles. The molecule has 232 valence electrons. The molecule has 0 radical (unpaired) electrons. The van der Waals surface area contributed by atoms with Gasteiger partial charge >= 0.3 is 0 Å². The minimum atomic E-state index is -0.476. The van der Waals surface area contributed by atoms with Crippen molar-refractivity contribution in [1.82, 2.24) is 10.3 Å². The van der Waals surface area contributed by atoms with Crippen LogP contribution in [0.1, 0.15) is 34.8 Å². The van der Waals surface area contributed by atoms with Gasteiger partial charge in [0.15, 0.2) is 5.13 Å². The lowest BCUT2D eigenvalue weighted by Gasteiger charge is -2.15. The van der Waals surface area contributed by atoms with Gasteiger partial charge in [-0.15, -0.1) is 23.1 Å². The van der Waals surface area contributed by atoms with E-state index in [-0.39, 0.29) is 11.6 Å². The average Bonchev–Trinajstić information content (AvgIpc) is 3.52. The van der Waals surface area contributed by atoms with E-state index in [0.29, 0.717) is 33.5 Å². The maximum Gasteiger partial charge on any atom is 0.272 e. The molecular formula is C36H31ClN4O3S2. The number of amides is 3. The lowest BCUT2D eigenvalue weighted by atomic mass is 10.1. The number of anilines is 2. The van der Waals surface area contributed by atoms with Crippen LogP contribution < -0.4 is 16.0 Å². The highest BCUT2D eigenvalue weighted by Crippen LogP contribution is 2.32. The van der Waals surface area contributed by atoms with Crippen molar-refractivity contribution in [1.29, 1.82) is 0 Å². The zero-order valence-electron chi connectivity index (χ0n) is 25.1. The predicted molar refractivity (Wildman–Crippen MR) is 189 cm³/mol. The number of carbonyl (C=O) groups excluding carboxylic acids is 3. The molecule has 5 aromatic rings. The molecule has 4 aromatic carbocycles. The molecule has 0 aliphatic rings. The van der Waals surface area contributed by atoms with Gasteiger partial charge in [0, 0.05) is 32.1 Å². The third-order valence-electron chi connectivity index (χ3n) is 6.80. The maximum absolute atomic E-state index is 13.5. The third-order valence-corrected chi connectivity index (χ3v) is 9.24. The third kappa shape index (κ3) is 8.72. The number of hydrogen-bond donors (Lipinski definition) is 3. The summed E-state index contributed by atoms with van der Waals surface area (Å²) in [4.78, 5) is 45.1. The molecule has 1 unspecified atom stereocenters. The van der Waals surface area contributed by atoms with E-state index in [1.54, 1.807) is 48.5 Å². The lowest BCUT2D eigenvalue weighted by molar-refractivity contribution is -0.116. The zero-order valence-corrected chi connectivity index (χ0v) is 27.5. The van der Waals surface area contributed by atoms with E-state index in [1.807, 2.05) is 79.9 Å². The van der Waals surface area contributed by atoms with Crippen molar-refractivity contribution in [3.8, 4) is 11.3 Å². The summed E-state index contributed by atoms with van der Waals surface area (Å²) in [5.41, 5.74) is 4.37. The van der Waals surface area contributed by atoms with Gasteiger partial charge in [-0.2, -0.15) is 0 Å². The van der Waals surface area contributed by atoms with Crippen LogP contribution >= 0.6 is 34.7 Å². The summed E-state index contributed by atoms with van der Waals surface area (Å²) in [5, 5.41) is 11.1. The predicted octanol–water partition coefficient (Wildman–Crippen LogP) is 8.69. The fourth-order valence-electron chi connectivity index (χ4n) is 4.51. The van der Waals surface area contributed by atoms with Gasteiger partial charge in [-0.05, 0) is 61.4 Å². The Hall–Kier alpha value is -4.70. The van der Waals surface area contributed by atoms with Crippen molar-refractivity contribution in [3.05, 3.63) is 136 Å². The highest BCUT2D eigenvalue weighted by molar-refractivity contribution is 8.00. The molecule has 10 heteroatoms. The number of halogens is 1. The minimum absolute atomic E-state index is 0.0999. The van der Waals surface area contributed by atoms with E-state index in [2.05, 4.69) is 20.9 Å². The van der Waals surface area contributed by atoms with Crippen molar-refractivity contribution in [2.45, 2.75) is 30.4 Å². The number of nitrogens with one attached hydrogen (secondary N) is 3. The van der Waals surface area contributed by atoms with Crippen molar-refractivity contribution >= 4 is 69.3 Å². The van der Waals surface area contributed by atoms with Crippen LogP contribution in [0.5, 0.6) is 0 Å². The highest BCUT2D eigenvalue weighted by atomic mass is 35.5. The van der Waals surface area contributed by atoms with E-state index in [1.165, 1.54) is 23.1 Å². The Morgan fingerprint density at radius 3 is 2.43 bits per heavy atom. The van der Waals surface area contributed by atoms with Crippen molar-refractivity contribution < 1.29 is 14.4 Å². The SMILES string of the molecule is CCC(Sc1cccc(NC(=O)/C(=C\c2cccc(C)c2)NC(=O)c2ccccc2)c1)C(=O)Nc1nc(-c2ccccc2Cl)cs1. The fourth-order valence-corrected chi connectivity index (χ4v) is 6.47. The summed E-state index contributed by atoms with van der Waals surface area (Å²) in [5.74, 6) is -1.04. The van der Waals surface area contributed by atoms with Crippen LogP contribution in [0.2, 0.25) is 5.02 Å². The first-order valence-corrected chi connectivity index (χ1v) is 16.7. The summed E-state index contributed by atoms with van der Waals surface area (Å²) in [6, 6.07) is 31.1. The van der Waals surface area contributed by atoms with Gasteiger partial charge in [-0.25, -0.2) is 4.98 Å². The van der Waals surface area contributed by atoms with Crippen LogP contribution in [0.4, 0.5) is 10.8 Å².